The molecule has 0 aliphatic rings. The van der Waals surface area contributed by atoms with E-state index in [1.807, 2.05) is 19.9 Å². The van der Waals surface area contributed by atoms with E-state index >= 15 is 0 Å². The molecule has 0 saturated heterocycles. The van der Waals surface area contributed by atoms with Crippen LogP contribution in [0.4, 0.5) is 0 Å². The van der Waals surface area contributed by atoms with Crippen molar-refractivity contribution >= 4 is 23.2 Å². The Labute approximate surface area is 107 Å². The molecule has 16 heavy (non-hydrogen) atoms. The second-order valence-corrected chi connectivity index (χ2v) is 4.81. The fraction of sp³-hybridized carbons (Fsp3) is 0.500. The predicted molar refractivity (Wildman–Crippen MR) is 69.2 cm³/mol. The molecule has 0 fully saturated rings. The Kier molecular flexibility index (Phi) is 5.56. The Balaban J connectivity index is 2.72. The molecular weight excluding hydrogens is 245 g/mol. The highest BCUT2D eigenvalue weighted by Gasteiger charge is 2.12. The van der Waals surface area contributed by atoms with Gasteiger partial charge in [0.15, 0.2) is 0 Å². The quantitative estimate of drug-likeness (QED) is 0.852. The SMILES string of the molecule is CC(CCO)NC(C)c1cc(Cl)ccc1Cl. The van der Waals surface area contributed by atoms with E-state index in [0.29, 0.717) is 10.0 Å². The van der Waals surface area contributed by atoms with Gasteiger partial charge in [-0.15, -0.1) is 0 Å². The molecule has 1 aromatic rings. The van der Waals surface area contributed by atoms with Gasteiger partial charge >= 0.3 is 0 Å². The van der Waals surface area contributed by atoms with Crippen LogP contribution in [0.15, 0.2) is 18.2 Å². The predicted octanol–water partition coefficient (Wildman–Crippen LogP) is 3.41. The summed E-state index contributed by atoms with van der Waals surface area (Å²) in [4.78, 5) is 0. The largest absolute Gasteiger partial charge is 0.396 e. The molecule has 0 aromatic heterocycles. The van der Waals surface area contributed by atoms with Crippen LogP contribution in [0.2, 0.25) is 10.0 Å². The molecule has 0 amide bonds. The van der Waals surface area contributed by atoms with Gasteiger partial charge < -0.3 is 10.4 Å². The van der Waals surface area contributed by atoms with Crippen LogP contribution in [0, 0.1) is 0 Å². The Hall–Kier alpha value is -0.280. The second-order valence-electron chi connectivity index (χ2n) is 3.97. The summed E-state index contributed by atoms with van der Waals surface area (Å²) in [5.74, 6) is 0. The summed E-state index contributed by atoms with van der Waals surface area (Å²) < 4.78 is 0. The van der Waals surface area contributed by atoms with Crippen molar-refractivity contribution in [3.63, 3.8) is 0 Å². The summed E-state index contributed by atoms with van der Waals surface area (Å²) in [7, 11) is 0. The minimum absolute atomic E-state index is 0.118. The summed E-state index contributed by atoms with van der Waals surface area (Å²) in [6.07, 6.45) is 0.725. The van der Waals surface area contributed by atoms with E-state index in [2.05, 4.69) is 5.32 Å². The molecular formula is C12H17Cl2NO. The number of hydrogen-bond donors (Lipinski definition) is 2. The lowest BCUT2D eigenvalue weighted by Gasteiger charge is -2.20. The van der Waals surface area contributed by atoms with Gasteiger partial charge in [-0.3, -0.25) is 0 Å². The van der Waals surface area contributed by atoms with Crippen LogP contribution in [0.25, 0.3) is 0 Å². The monoisotopic (exact) mass is 261 g/mol. The van der Waals surface area contributed by atoms with Crippen molar-refractivity contribution in [2.75, 3.05) is 6.61 Å². The fourth-order valence-corrected chi connectivity index (χ4v) is 2.10. The van der Waals surface area contributed by atoms with E-state index in [-0.39, 0.29) is 18.7 Å². The molecule has 0 saturated carbocycles. The molecule has 4 heteroatoms. The van der Waals surface area contributed by atoms with Crippen LogP contribution in [0.1, 0.15) is 31.9 Å². The van der Waals surface area contributed by atoms with Crippen molar-refractivity contribution in [3.05, 3.63) is 33.8 Å². The van der Waals surface area contributed by atoms with Gasteiger partial charge in [0.05, 0.1) is 0 Å². The molecule has 2 atom stereocenters. The highest BCUT2D eigenvalue weighted by molar-refractivity contribution is 6.33. The molecule has 90 valence electrons. The zero-order valence-electron chi connectivity index (χ0n) is 9.50. The summed E-state index contributed by atoms with van der Waals surface area (Å²) in [5, 5.41) is 13.6. The maximum atomic E-state index is 8.83. The van der Waals surface area contributed by atoms with Crippen molar-refractivity contribution in [2.45, 2.75) is 32.4 Å². The summed E-state index contributed by atoms with van der Waals surface area (Å²) in [6.45, 7) is 4.25. The van der Waals surface area contributed by atoms with Crippen LogP contribution in [0.5, 0.6) is 0 Å². The van der Waals surface area contributed by atoms with Crippen molar-refractivity contribution in [3.8, 4) is 0 Å². The minimum Gasteiger partial charge on any atom is -0.396 e. The van der Waals surface area contributed by atoms with Crippen molar-refractivity contribution in [1.82, 2.24) is 5.32 Å². The summed E-state index contributed by atoms with van der Waals surface area (Å²) >= 11 is 12.0. The van der Waals surface area contributed by atoms with Crippen molar-refractivity contribution < 1.29 is 5.11 Å². The van der Waals surface area contributed by atoms with Crippen LogP contribution >= 0.6 is 23.2 Å². The topological polar surface area (TPSA) is 32.3 Å². The van der Waals surface area contributed by atoms with Crippen LogP contribution in [0.3, 0.4) is 0 Å². The molecule has 1 aromatic carbocycles. The smallest absolute Gasteiger partial charge is 0.0454 e. The van der Waals surface area contributed by atoms with E-state index in [0.717, 1.165) is 12.0 Å². The highest BCUT2D eigenvalue weighted by atomic mass is 35.5. The molecule has 1 rings (SSSR count). The molecule has 2 nitrogen and oxygen atoms in total. The van der Waals surface area contributed by atoms with Gasteiger partial charge in [0.1, 0.15) is 0 Å². The maximum absolute atomic E-state index is 8.83. The van der Waals surface area contributed by atoms with Crippen LogP contribution < -0.4 is 5.32 Å². The van der Waals surface area contributed by atoms with E-state index in [4.69, 9.17) is 28.3 Å². The van der Waals surface area contributed by atoms with Crippen LogP contribution in [-0.2, 0) is 0 Å². The zero-order chi connectivity index (χ0) is 12.1. The van der Waals surface area contributed by atoms with E-state index in [9.17, 15) is 0 Å². The van der Waals surface area contributed by atoms with E-state index < -0.39 is 0 Å². The van der Waals surface area contributed by atoms with Gasteiger partial charge in [0.25, 0.3) is 0 Å². The first-order chi connectivity index (χ1) is 7.54. The molecule has 0 aliphatic heterocycles. The van der Waals surface area contributed by atoms with Crippen LogP contribution in [-0.4, -0.2) is 17.8 Å². The highest BCUT2D eigenvalue weighted by Crippen LogP contribution is 2.26. The number of hydrogen-bond acceptors (Lipinski definition) is 2. The molecule has 2 unspecified atom stereocenters. The van der Waals surface area contributed by atoms with Crippen molar-refractivity contribution in [1.29, 1.82) is 0 Å². The van der Waals surface area contributed by atoms with Gasteiger partial charge in [0, 0.05) is 28.7 Å². The molecule has 0 bridgehead atoms. The van der Waals surface area contributed by atoms with E-state index in [1.54, 1.807) is 12.1 Å². The molecule has 0 radical (unpaired) electrons. The number of aliphatic hydroxyl groups excluding tert-OH is 1. The average molecular weight is 262 g/mol. The minimum atomic E-state index is 0.118. The molecule has 0 aliphatic carbocycles. The number of aliphatic hydroxyl groups is 1. The number of benzene rings is 1. The first-order valence-electron chi connectivity index (χ1n) is 5.36. The normalized spacial score (nSPS) is 14.8. The lowest BCUT2D eigenvalue weighted by molar-refractivity contribution is 0.264. The van der Waals surface area contributed by atoms with Gasteiger partial charge in [-0.25, -0.2) is 0 Å². The van der Waals surface area contributed by atoms with Gasteiger partial charge in [-0.05, 0) is 44.0 Å². The third-order valence-electron chi connectivity index (χ3n) is 2.52. The Morgan fingerprint density at radius 1 is 1.31 bits per heavy atom. The third-order valence-corrected chi connectivity index (χ3v) is 3.10. The third kappa shape index (κ3) is 3.95. The zero-order valence-corrected chi connectivity index (χ0v) is 11.0. The summed E-state index contributed by atoms with van der Waals surface area (Å²) in [6, 6.07) is 5.81. The first kappa shape index (κ1) is 13.8. The van der Waals surface area contributed by atoms with Gasteiger partial charge in [-0.2, -0.15) is 0 Å². The van der Waals surface area contributed by atoms with Gasteiger partial charge in [-0.1, -0.05) is 23.2 Å². The fourth-order valence-electron chi connectivity index (χ4n) is 1.64. The maximum Gasteiger partial charge on any atom is 0.0454 e. The first-order valence-corrected chi connectivity index (χ1v) is 6.12. The molecule has 0 spiro atoms. The van der Waals surface area contributed by atoms with Crippen molar-refractivity contribution in [2.24, 2.45) is 0 Å². The summed E-state index contributed by atoms with van der Waals surface area (Å²) in [5.41, 5.74) is 0.985. The standard InChI is InChI=1S/C12H17Cl2NO/c1-8(5-6-16)15-9(2)11-7-10(13)3-4-12(11)14/h3-4,7-9,15-16H,5-6H2,1-2H3. The number of halogens is 2. The Bertz CT molecular complexity index is 344. The lowest BCUT2D eigenvalue weighted by Crippen LogP contribution is -2.29. The molecule has 0 heterocycles. The number of rotatable bonds is 5. The number of nitrogens with one attached hydrogen (secondary N) is 1. The Morgan fingerprint density at radius 2 is 2.00 bits per heavy atom. The van der Waals surface area contributed by atoms with E-state index in [1.165, 1.54) is 0 Å². The second kappa shape index (κ2) is 6.45. The molecule has 2 N–H and O–H groups in total. The Morgan fingerprint density at radius 3 is 2.62 bits per heavy atom. The lowest BCUT2D eigenvalue weighted by atomic mass is 10.1. The van der Waals surface area contributed by atoms with Gasteiger partial charge in [0.2, 0.25) is 0 Å². The average Bonchev–Trinajstić information content (AvgIpc) is 2.21.